The van der Waals surface area contributed by atoms with E-state index in [1.807, 2.05) is 26.8 Å². The van der Waals surface area contributed by atoms with Crippen LogP contribution in [0.5, 0.6) is 0 Å². The predicted octanol–water partition coefficient (Wildman–Crippen LogP) is 3.59. The van der Waals surface area contributed by atoms with E-state index in [9.17, 15) is 4.79 Å². The third kappa shape index (κ3) is 4.00. The SMILES string of the molecule is CC(C)(C)C#Cc1nc(C(C)(C)C)ccc1C=O. The summed E-state index contributed by atoms with van der Waals surface area (Å²) in [6.07, 6.45) is 0.812. The van der Waals surface area contributed by atoms with Gasteiger partial charge in [-0.05, 0) is 38.8 Å². The molecule has 0 aromatic carbocycles. The Labute approximate surface area is 110 Å². The van der Waals surface area contributed by atoms with Crippen molar-refractivity contribution in [2.24, 2.45) is 5.41 Å². The van der Waals surface area contributed by atoms with Crippen molar-refractivity contribution in [2.45, 2.75) is 47.0 Å². The standard InChI is InChI=1S/C16H21NO/c1-15(2,3)10-9-13-12(11-18)7-8-14(17-13)16(4,5)6/h7-8,11H,1-6H3. The van der Waals surface area contributed by atoms with Crippen LogP contribution in [0, 0.1) is 17.3 Å². The van der Waals surface area contributed by atoms with E-state index < -0.39 is 0 Å². The smallest absolute Gasteiger partial charge is 0.152 e. The van der Waals surface area contributed by atoms with Crippen LogP contribution < -0.4 is 0 Å². The van der Waals surface area contributed by atoms with Gasteiger partial charge in [-0.15, -0.1) is 0 Å². The molecule has 0 aliphatic heterocycles. The predicted molar refractivity (Wildman–Crippen MR) is 74.7 cm³/mol. The van der Waals surface area contributed by atoms with Crippen molar-refractivity contribution in [3.8, 4) is 11.8 Å². The van der Waals surface area contributed by atoms with Gasteiger partial charge in [-0.2, -0.15) is 0 Å². The highest BCUT2D eigenvalue weighted by atomic mass is 16.1. The van der Waals surface area contributed by atoms with Crippen molar-refractivity contribution in [1.29, 1.82) is 0 Å². The van der Waals surface area contributed by atoms with Gasteiger partial charge in [0.1, 0.15) is 5.69 Å². The molecular formula is C16H21NO. The summed E-state index contributed by atoms with van der Waals surface area (Å²) in [5.74, 6) is 6.14. The number of pyridine rings is 1. The number of nitrogens with zero attached hydrogens (tertiary/aromatic N) is 1. The van der Waals surface area contributed by atoms with Crippen molar-refractivity contribution < 1.29 is 4.79 Å². The quantitative estimate of drug-likeness (QED) is 0.557. The van der Waals surface area contributed by atoms with Gasteiger partial charge in [-0.25, -0.2) is 4.98 Å². The van der Waals surface area contributed by atoms with Crippen LogP contribution in [0.25, 0.3) is 0 Å². The zero-order valence-electron chi connectivity index (χ0n) is 12.1. The lowest BCUT2D eigenvalue weighted by Gasteiger charge is -2.18. The first-order valence-electron chi connectivity index (χ1n) is 6.13. The Morgan fingerprint density at radius 2 is 1.72 bits per heavy atom. The van der Waals surface area contributed by atoms with E-state index >= 15 is 0 Å². The van der Waals surface area contributed by atoms with Crippen LogP contribution in [0.2, 0.25) is 0 Å². The minimum absolute atomic E-state index is 0.0421. The average Bonchev–Trinajstić information content (AvgIpc) is 2.23. The Morgan fingerprint density at radius 3 is 2.17 bits per heavy atom. The fraction of sp³-hybridized carbons (Fsp3) is 0.500. The first-order valence-corrected chi connectivity index (χ1v) is 6.13. The highest BCUT2D eigenvalue weighted by molar-refractivity contribution is 5.78. The molecule has 0 N–H and O–H groups in total. The van der Waals surface area contributed by atoms with Gasteiger partial charge < -0.3 is 0 Å². The van der Waals surface area contributed by atoms with Crippen molar-refractivity contribution in [3.63, 3.8) is 0 Å². The Balaban J connectivity index is 3.31. The number of aldehydes is 1. The molecule has 96 valence electrons. The summed E-state index contributed by atoms with van der Waals surface area (Å²) in [6, 6.07) is 3.69. The van der Waals surface area contributed by atoms with Crippen LogP contribution in [0.1, 0.15) is 63.3 Å². The molecular weight excluding hydrogens is 222 g/mol. The molecule has 1 aromatic heterocycles. The van der Waals surface area contributed by atoms with Crippen molar-refractivity contribution in [2.75, 3.05) is 0 Å². The Morgan fingerprint density at radius 1 is 1.11 bits per heavy atom. The van der Waals surface area contributed by atoms with Gasteiger partial charge in [0.25, 0.3) is 0 Å². The summed E-state index contributed by atoms with van der Waals surface area (Å²) in [7, 11) is 0. The van der Waals surface area contributed by atoms with E-state index in [2.05, 4.69) is 37.6 Å². The summed E-state index contributed by atoms with van der Waals surface area (Å²) in [6.45, 7) is 12.4. The van der Waals surface area contributed by atoms with Gasteiger partial charge in [0.15, 0.2) is 6.29 Å². The highest BCUT2D eigenvalue weighted by Crippen LogP contribution is 2.21. The van der Waals surface area contributed by atoms with Gasteiger partial charge in [0, 0.05) is 22.1 Å². The normalized spacial score (nSPS) is 11.7. The van der Waals surface area contributed by atoms with Gasteiger partial charge in [0.05, 0.1) is 0 Å². The fourth-order valence-electron chi connectivity index (χ4n) is 1.33. The van der Waals surface area contributed by atoms with Crippen LogP contribution in [0.4, 0.5) is 0 Å². The van der Waals surface area contributed by atoms with E-state index in [4.69, 9.17) is 0 Å². The minimum atomic E-state index is -0.0976. The first-order chi connectivity index (χ1) is 8.13. The fourth-order valence-corrected chi connectivity index (χ4v) is 1.33. The Hall–Kier alpha value is -1.62. The monoisotopic (exact) mass is 243 g/mol. The minimum Gasteiger partial charge on any atom is -0.298 e. The highest BCUT2D eigenvalue weighted by Gasteiger charge is 2.16. The van der Waals surface area contributed by atoms with Gasteiger partial charge in [-0.1, -0.05) is 26.7 Å². The second kappa shape index (κ2) is 4.94. The largest absolute Gasteiger partial charge is 0.298 e. The molecule has 1 rings (SSSR count). The summed E-state index contributed by atoms with van der Waals surface area (Å²) in [5, 5.41) is 0. The number of carbonyl (C=O) groups excluding carboxylic acids is 1. The zero-order valence-corrected chi connectivity index (χ0v) is 12.1. The van der Waals surface area contributed by atoms with Crippen molar-refractivity contribution in [1.82, 2.24) is 4.98 Å². The molecule has 2 heteroatoms. The number of rotatable bonds is 1. The lowest BCUT2D eigenvalue weighted by molar-refractivity contribution is 0.112. The molecule has 0 spiro atoms. The molecule has 18 heavy (non-hydrogen) atoms. The molecule has 0 unspecified atom stereocenters. The van der Waals surface area contributed by atoms with E-state index in [-0.39, 0.29) is 10.8 Å². The molecule has 0 saturated heterocycles. The molecule has 0 bridgehead atoms. The van der Waals surface area contributed by atoms with Crippen LogP contribution in [0.15, 0.2) is 12.1 Å². The number of hydrogen-bond acceptors (Lipinski definition) is 2. The summed E-state index contributed by atoms with van der Waals surface area (Å²) < 4.78 is 0. The molecule has 1 heterocycles. The average molecular weight is 243 g/mol. The first kappa shape index (κ1) is 14.4. The topological polar surface area (TPSA) is 30.0 Å². The lowest BCUT2D eigenvalue weighted by Crippen LogP contribution is -2.14. The van der Waals surface area contributed by atoms with E-state index in [0.29, 0.717) is 11.3 Å². The molecule has 1 aromatic rings. The molecule has 0 aliphatic rings. The molecule has 0 aliphatic carbocycles. The Kier molecular flexibility index (Phi) is 3.96. The van der Waals surface area contributed by atoms with Crippen LogP contribution in [-0.2, 0) is 5.41 Å². The molecule has 0 saturated carbocycles. The maximum atomic E-state index is 11.0. The number of aromatic nitrogens is 1. The van der Waals surface area contributed by atoms with Gasteiger partial charge >= 0.3 is 0 Å². The van der Waals surface area contributed by atoms with Crippen LogP contribution in [-0.4, -0.2) is 11.3 Å². The number of carbonyl (C=O) groups is 1. The summed E-state index contributed by atoms with van der Waals surface area (Å²) in [4.78, 5) is 15.5. The second-order valence-corrected chi connectivity index (χ2v) is 6.50. The maximum absolute atomic E-state index is 11.0. The van der Waals surface area contributed by atoms with Crippen LogP contribution >= 0.6 is 0 Å². The molecule has 0 atom stereocenters. The third-order valence-corrected chi connectivity index (χ3v) is 2.38. The second-order valence-electron chi connectivity index (χ2n) is 6.50. The molecule has 0 fully saturated rings. The molecule has 0 amide bonds. The van der Waals surface area contributed by atoms with Crippen molar-refractivity contribution in [3.05, 3.63) is 29.1 Å². The van der Waals surface area contributed by atoms with Crippen LogP contribution in [0.3, 0.4) is 0 Å². The van der Waals surface area contributed by atoms with Gasteiger partial charge in [-0.3, -0.25) is 4.79 Å². The molecule has 0 radical (unpaired) electrons. The summed E-state index contributed by atoms with van der Waals surface area (Å²) in [5.41, 5.74) is 1.94. The van der Waals surface area contributed by atoms with E-state index in [0.717, 1.165) is 12.0 Å². The van der Waals surface area contributed by atoms with Crippen molar-refractivity contribution >= 4 is 6.29 Å². The van der Waals surface area contributed by atoms with E-state index in [1.165, 1.54) is 0 Å². The van der Waals surface area contributed by atoms with Gasteiger partial charge in [0.2, 0.25) is 0 Å². The summed E-state index contributed by atoms with van der Waals surface area (Å²) >= 11 is 0. The van der Waals surface area contributed by atoms with E-state index in [1.54, 1.807) is 6.07 Å². The molecule has 2 nitrogen and oxygen atoms in total. The maximum Gasteiger partial charge on any atom is 0.152 e. The third-order valence-electron chi connectivity index (χ3n) is 2.38. The zero-order chi connectivity index (χ0) is 14.0. The lowest BCUT2D eigenvalue weighted by atomic mass is 9.91. The Bertz CT molecular complexity index is 505. The number of hydrogen-bond donors (Lipinski definition) is 0.